The number of anilines is 1. The van der Waals surface area contributed by atoms with Crippen molar-refractivity contribution in [3.63, 3.8) is 0 Å². The summed E-state index contributed by atoms with van der Waals surface area (Å²) < 4.78 is 13.9. The first-order valence-corrected chi connectivity index (χ1v) is 7.40. The third kappa shape index (κ3) is 2.58. The summed E-state index contributed by atoms with van der Waals surface area (Å²) in [4.78, 5) is 17.7. The number of pyridine rings is 1. The van der Waals surface area contributed by atoms with Crippen LogP contribution < -0.4 is 10.2 Å². The number of hydrogen-bond acceptors (Lipinski definition) is 4. The molecule has 0 saturated carbocycles. The van der Waals surface area contributed by atoms with Gasteiger partial charge in [0.15, 0.2) is 5.82 Å². The number of rotatable bonds is 1. The number of nitrogens with one attached hydrogen (secondary N) is 1. The maximum absolute atomic E-state index is 13.9. The zero-order valence-corrected chi connectivity index (χ0v) is 12.2. The van der Waals surface area contributed by atoms with E-state index in [-0.39, 0.29) is 10.9 Å². The molecule has 1 spiro atoms. The van der Waals surface area contributed by atoms with Gasteiger partial charge in [-0.15, -0.1) is 0 Å². The van der Waals surface area contributed by atoms with Crippen LogP contribution in [0, 0.1) is 11.2 Å². The van der Waals surface area contributed by atoms with E-state index in [0.29, 0.717) is 44.6 Å². The van der Waals surface area contributed by atoms with Crippen molar-refractivity contribution in [3.05, 3.63) is 23.2 Å². The molecule has 0 aliphatic carbocycles. The quantitative estimate of drug-likeness (QED) is 0.821. The van der Waals surface area contributed by atoms with Gasteiger partial charge in [-0.25, -0.2) is 4.39 Å². The van der Waals surface area contributed by atoms with Crippen molar-refractivity contribution >= 4 is 23.2 Å². The second-order valence-corrected chi connectivity index (χ2v) is 6.19. The van der Waals surface area contributed by atoms with E-state index in [2.05, 4.69) is 10.3 Å². The van der Waals surface area contributed by atoms with Crippen LogP contribution in [0.1, 0.15) is 19.3 Å². The minimum absolute atomic E-state index is 0.00579. The Bertz CT molecular complexity index is 541. The van der Waals surface area contributed by atoms with Crippen molar-refractivity contribution in [2.75, 3.05) is 24.5 Å². The fraction of sp³-hybridized carbons (Fsp3) is 0.571. The number of aliphatic hydroxyl groups is 1. The van der Waals surface area contributed by atoms with Crippen LogP contribution >= 0.6 is 11.6 Å². The molecule has 7 heteroatoms. The number of carbonyl (C=O) groups is 1. The lowest BCUT2D eigenvalue weighted by Crippen LogP contribution is -2.56. The Morgan fingerprint density at radius 3 is 2.81 bits per heavy atom. The largest absolute Gasteiger partial charge is 0.391 e. The fourth-order valence-electron chi connectivity index (χ4n) is 3.31. The van der Waals surface area contributed by atoms with Crippen molar-refractivity contribution in [3.8, 4) is 0 Å². The normalized spacial score (nSPS) is 25.0. The second-order valence-electron chi connectivity index (χ2n) is 5.79. The maximum Gasteiger partial charge on any atom is 0.226 e. The third-order valence-electron chi connectivity index (χ3n) is 4.47. The van der Waals surface area contributed by atoms with E-state index in [1.165, 1.54) is 6.20 Å². The minimum atomic E-state index is -0.538. The molecule has 0 bridgehead atoms. The first-order chi connectivity index (χ1) is 10.0. The smallest absolute Gasteiger partial charge is 0.226 e. The van der Waals surface area contributed by atoms with Gasteiger partial charge < -0.3 is 15.3 Å². The Labute approximate surface area is 127 Å². The summed E-state index contributed by atoms with van der Waals surface area (Å²) in [6, 6.07) is 0. The van der Waals surface area contributed by atoms with E-state index in [1.807, 2.05) is 4.90 Å². The van der Waals surface area contributed by atoms with E-state index in [9.17, 15) is 14.3 Å². The Balaban J connectivity index is 1.77. The molecule has 0 aromatic carbocycles. The standard InChI is InChI=1S/C14H17ClFN3O2/c15-10-7-17-8-11(16)12(10)19-3-1-14(2-4-19)5-9(20)6-18-13(14)21/h7-9,20H,1-6H2,(H,18,21). The minimum Gasteiger partial charge on any atom is -0.391 e. The Morgan fingerprint density at radius 2 is 2.14 bits per heavy atom. The van der Waals surface area contributed by atoms with E-state index in [1.54, 1.807) is 0 Å². The number of aromatic nitrogens is 1. The lowest BCUT2D eigenvalue weighted by molar-refractivity contribution is -0.138. The monoisotopic (exact) mass is 313 g/mol. The summed E-state index contributed by atoms with van der Waals surface area (Å²) in [6.45, 7) is 1.37. The van der Waals surface area contributed by atoms with E-state index >= 15 is 0 Å². The molecule has 1 aromatic rings. The van der Waals surface area contributed by atoms with Crippen molar-refractivity contribution in [1.82, 2.24) is 10.3 Å². The van der Waals surface area contributed by atoms with Crippen LogP contribution in [0.2, 0.25) is 5.02 Å². The van der Waals surface area contributed by atoms with Crippen LogP contribution in [0.3, 0.4) is 0 Å². The predicted octanol–water partition coefficient (Wildman–Crippen LogP) is 1.34. The number of nitrogens with zero attached hydrogens (tertiary/aromatic N) is 2. The van der Waals surface area contributed by atoms with Gasteiger partial charge in [0, 0.05) is 25.8 Å². The van der Waals surface area contributed by atoms with Gasteiger partial charge in [0.1, 0.15) is 0 Å². The molecule has 2 fully saturated rings. The van der Waals surface area contributed by atoms with Gasteiger partial charge in [0.25, 0.3) is 0 Å². The van der Waals surface area contributed by atoms with Gasteiger partial charge in [-0.3, -0.25) is 9.78 Å². The molecule has 21 heavy (non-hydrogen) atoms. The van der Waals surface area contributed by atoms with Crippen LogP contribution in [0.15, 0.2) is 12.4 Å². The molecule has 3 rings (SSSR count). The summed E-state index contributed by atoms with van der Waals surface area (Å²) in [5.41, 5.74) is -0.192. The number of β-amino-alcohol motifs (C(OH)–C–C–N with tert-alkyl or cyclic N) is 1. The van der Waals surface area contributed by atoms with Crippen LogP contribution in [0.4, 0.5) is 10.1 Å². The van der Waals surface area contributed by atoms with Gasteiger partial charge in [0.05, 0.1) is 28.4 Å². The van der Waals surface area contributed by atoms with Gasteiger partial charge in [-0.2, -0.15) is 0 Å². The highest BCUT2D eigenvalue weighted by molar-refractivity contribution is 6.33. The molecule has 2 aliphatic heterocycles. The van der Waals surface area contributed by atoms with Crippen LogP contribution in [-0.4, -0.2) is 41.7 Å². The number of carbonyl (C=O) groups excluding carboxylic acids is 1. The van der Waals surface area contributed by atoms with Crippen molar-refractivity contribution in [1.29, 1.82) is 0 Å². The highest BCUT2D eigenvalue weighted by Crippen LogP contribution is 2.41. The SMILES string of the molecule is O=C1NCC(O)CC12CCN(c1c(F)cncc1Cl)CC2. The highest BCUT2D eigenvalue weighted by atomic mass is 35.5. The number of aliphatic hydroxyl groups excluding tert-OH is 1. The zero-order chi connectivity index (χ0) is 15.0. The van der Waals surface area contributed by atoms with Crippen molar-refractivity contribution in [2.24, 2.45) is 5.41 Å². The topological polar surface area (TPSA) is 65.5 Å². The Morgan fingerprint density at radius 1 is 1.43 bits per heavy atom. The fourth-order valence-corrected chi connectivity index (χ4v) is 3.58. The van der Waals surface area contributed by atoms with Crippen LogP contribution in [0.25, 0.3) is 0 Å². The average molecular weight is 314 g/mol. The van der Waals surface area contributed by atoms with E-state index < -0.39 is 17.3 Å². The molecule has 5 nitrogen and oxygen atoms in total. The molecular weight excluding hydrogens is 297 g/mol. The molecule has 1 aromatic heterocycles. The maximum atomic E-state index is 13.9. The molecule has 1 unspecified atom stereocenters. The molecule has 2 N–H and O–H groups in total. The molecular formula is C14H17ClFN3O2. The Hall–Kier alpha value is -1.40. The Kier molecular flexibility index (Phi) is 3.75. The molecule has 1 amide bonds. The molecule has 114 valence electrons. The summed E-state index contributed by atoms with van der Waals surface area (Å²) in [5.74, 6) is -0.458. The number of halogens is 2. The average Bonchev–Trinajstić information content (AvgIpc) is 2.45. The van der Waals surface area contributed by atoms with Gasteiger partial charge in [0.2, 0.25) is 5.91 Å². The molecule has 2 aliphatic rings. The lowest BCUT2D eigenvalue weighted by atomic mass is 9.71. The van der Waals surface area contributed by atoms with E-state index in [4.69, 9.17) is 11.6 Å². The van der Waals surface area contributed by atoms with Crippen LogP contribution in [0.5, 0.6) is 0 Å². The summed E-state index contributed by atoms with van der Waals surface area (Å²) in [6.07, 6.45) is 3.68. The van der Waals surface area contributed by atoms with Gasteiger partial charge in [-0.1, -0.05) is 11.6 Å². The van der Waals surface area contributed by atoms with Crippen molar-refractivity contribution in [2.45, 2.75) is 25.4 Å². The summed E-state index contributed by atoms with van der Waals surface area (Å²) in [5, 5.41) is 12.8. The molecule has 3 heterocycles. The number of hydrogen-bond donors (Lipinski definition) is 2. The first-order valence-electron chi connectivity index (χ1n) is 7.02. The summed E-state index contributed by atoms with van der Waals surface area (Å²) in [7, 11) is 0. The summed E-state index contributed by atoms with van der Waals surface area (Å²) >= 11 is 6.03. The van der Waals surface area contributed by atoms with Crippen molar-refractivity contribution < 1.29 is 14.3 Å². The number of amides is 1. The van der Waals surface area contributed by atoms with Crippen LogP contribution in [-0.2, 0) is 4.79 Å². The highest BCUT2D eigenvalue weighted by Gasteiger charge is 2.45. The third-order valence-corrected chi connectivity index (χ3v) is 4.75. The predicted molar refractivity (Wildman–Crippen MR) is 76.7 cm³/mol. The molecule has 1 atom stereocenters. The first kappa shape index (κ1) is 14.5. The van der Waals surface area contributed by atoms with Gasteiger partial charge >= 0.3 is 0 Å². The number of piperidine rings is 2. The zero-order valence-electron chi connectivity index (χ0n) is 11.5. The lowest BCUT2D eigenvalue weighted by Gasteiger charge is -2.44. The second kappa shape index (κ2) is 5.42. The van der Waals surface area contributed by atoms with Gasteiger partial charge in [-0.05, 0) is 19.3 Å². The van der Waals surface area contributed by atoms with E-state index in [0.717, 1.165) is 6.20 Å². The molecule has 0 radical (unpaired) electrons. The molecule has 2 saturated heterocycles.